The molecule has 1 aromatic carbocycles. The fraction of sp³-hybridized carbons (Fsp3) is 0.636. The van der Waals surface area contributed by atoms with Gasteiger partial charge in [0.2, 0.25) is 5.91 Å². The van der Waals surface area contributed by atoms with Crippen molar-refractivity contribution < 1.29 is 4.79 Å². The maximum absolute atomic E-state index is 12.7. The molecule has 1 N–H and O–H groups in total. The number of likely N-dealkylation sites (tertiary alicyclic amines) is 1. The first-order valence-electron chi connectivity index (χ1n) is 10.8. The zero-order valence-electron chi connectivity index (χ0n) is 17.7. The zero-order valence-corrected chi connectivity index (χ0v) is 18.5. The van der Waals surface area contributed by atoms with Gasteiger partial charge in [-0.25, -0.2) is 0 Å². The van der Waals surface area contributed by atoms with Gasteiger partial charge in [0.05, 0.1) is 6.42 Å². The van der Waals surface area contributed by atoms with Crippen LogP contribution in [0.25, 0.3) is 0 Å². The number of piperazine rings is 1. The molecule has 2 aliphatic heterocycles. The van der Waals surface area contributed by atoms with Crippen molar-refractivity contribution in [1.82, 2.24) is 20.0 Å². The molecule has 0 radical (unpaired) electrons. The number of carbonyl (C=O) groups is 1. The smallest absolute Gasteiger partial charge is 0.227 e. The molecule has 1 atom stereocenters. The number of amides is 1. The molecule has 1 amide bonds. The summed E-state index contributed by atoms with van der Waals surface area (Å²) >= 11 is 6.04. The number of nitrogens with one attached hydrogen (secondary N) is 1. The Morgan fingerprint density at radius 1 is 1.21 bits per heavy atom. The van der Waals surface area contributed by atoms with Gasteiger partial charge in [-0.1, -0.05) is 23.7 Å². The van der Waals surface area contributed by atoms with Crippen LogP contribution in [0.15, 0.2) is 29.3 Å². The first-order valence-corrected chi connectivity index (χ1v) is 11.2. The van der Waals surface area contributed by atoms with Gasteiger partial charge in [0.25, 0.3) is 0 Å². The molecule has 0 aromatic heterocycles. The molecule has 1 unspecified atom stereocenters. The van der Waals surface area contributed by atoms with Crippen LogP contribution in [0, 0.1) is 5.92 Å². The number of hydrogen-bond acceptors (Lipinski definition) is 3. The highest BCUT2D eigenvalue weighted by molar-refractivity contribution is 6.30. The Morgan fingerprint density at radius 3 is 2.66 bits per heavy atom. The molecule has 2 fully saturated rings. The van der Waals surface area contributed by atoms with Crippen LogP contribution >= 0.6 is 11.6 Å². The Hall–Kier alpha value is -1.79. The van der Waals surface area contributed by atoms with E-state index in [4.69, 9.17) is 16.6 Å². The van der Waals surface area contributed by atoms with E-state index in [9.17, 15) is 4.79 Å². The van der Waals surface area contributed by atoms with E-state index in [1.54, 1.807) is 0 Å². The molecule has 2 aliphatic rings. The molecule has 2 heterocycles. The minimum atomic E-state index is 0.166. The lowest BCUT2D eigenvalue weighted by Gasteiger charge is -2.37. The minimum absolute atomic E-state index is 0.166. The number of aliphatic imine (C=N–C) groups is 1. The summed E-state index contributed by atoms with van der Waals surface area (Å²) in [4.78, 5) is 24.2. The second-order valence-corrected chi connectivity index (χ2v) is 8.58. The van der Waals surface area contributed by atoms with Crippen LogP contribution < -0.4 is 5.32 Å². The lowest BCUT2D eigenvalue weighted by atomic mass is 9.99. The van der Waals surface area contributed by atoms with Crippen LogP contribution in [0.1, 0.15) is 25.3 Å². The summed E-state index contributed by atoms with van der Waals surface area (Å²) in [5, 5.41) is 4.11. The zero-order chi connectivity index (χ0) is 20.6. The Balaban J connectivity index is 1.51. The maximum Gasteiger partial charge on any atom is 0.227 e. The lowest BCUT2D eigenvalue weighted by molar-refractivity contribution is -0.131. The van der Waals surface area contributed by atoms with Crippen molar-refractivity contribution in [3.63, 3.8) is 0 Å². The lowest BCUT2D eigenvalue weighted by Crippen LogP contribution is -2.54. The monoisotopic (exact) mass is 419 g/mol. The standard InChI is InChI=1S/C22H34ClN5O/c1-3-24-22(25-16-19-7-5-9-26(2)17-19)28-12-10-27(11-13-28)21(29)15-18-6-4-8-20(23)14-18/h4,6,8,14,19H,3,5,7,9-13,15-17H2,1-2H3,(H,24,25). The molecular weight excluding hydrogens is 386 g/mol. The Morgan fingerprint density at radius 2 is 1.97 bits per heavy atom. The van der Waals surface area contributed by atoms with Gasteiger partial charge in [-0.3, -0.25) is 9.79 Å². The molecule has 0 spiro atoms. The van der Waals surface area contributed by atoms with Crippen molar-refractivity contribution in [2.45, 2.75) is 26.2 Å². The van der Waals surface area contributed by atoms with Gasteiger partial charge in [-0.05, 0) is 57.0 Å². The van der Waals surface area contributed by atoms with E-state index in [1.165, 1.54) is 19.4 Å². The third kappa shape index (κ3) is 6.61. The largest absolute Gasteiger partial charge is 0.357 e. The van der Waals surface area contributed by atoms with Crippen LogP contribution in [-0.4, -0.2) is 86.0 Å². The van der Waals surface area contributed by atoms with E-state index in [0.29, 0.717) is 17.4 Å². The van der Waals surface area contributed by atoms with Gasteiger partial charge in [-0.15, -0.1) is 0 Å². The highest BCUT2D eigenvalue weighted by atomic mass is 35.5. The van der Waals surface area contributed by atoms with E-state index < -0.39 is 0 Å². The number of guanidine groups is 1. The molecular formula is C22H34ClN5O. The second kappa shape index (κ2) is 10.8. The predicted molar refractivity (Wildman–Crippen MR) is 120 cm³/mol. The fourth-order valence-electron chi connectivity index (χ4n) is 4.16. The summed E-state index contributed by atoms with van der Waals surface area (Å²) in [6.45, 7) is 9.27. The van der Waals surface area contributed by atoms with Gasteiger partial charge in [0.1, 0.15) is 0 Å². The number of carbonyl (C=O) groups excluding carboxylic acids is 1. The van der Waals surface area contributed by atoms with E-state index in [1.807, 2.05) is 29.2 Å². The molecule has 160 valence electrons. The number of rotatable bonds is 5. The van der Waals surface area contributed by atoms with Gasteiger partial charge in [-0.2, -0.15) is 0 Å². The first-order chi connectivity index (χ1) is 14.0. The third-order valence-corrected chi connectivity index (χ3v) is 5.97. The van der Waals surface area contributed by atoms with Gasteiger partial charge in [0, 0.05) is 50.8 Å². The Labute approximate surface area is 179 Å². The molecule has 3 rings (SSSR count). The number of halogens is 1. The highest BCUT2D eigenvalue weighted by Crippen LogP contribution is 2.16. The number of piperidine rings is 1. The number of benzene rings is 1. The topological polar surface area (TPSA) is 51.2 Å². The first kappa shape index (κ1) is 21.9. The Bertz CT molecular complexity index is 702. The quantitative estimate of drug-likeness (QED) is 0.588. The summed E-state index contributed by atoms with van der Waals surface area (Å²) in [6.07, 6.45) is 2.93. The molecule has 2 saturated heterocycles. The molecule has 1 aromatic rings. The molecule has 0 bridgehead atoms. The summed E-state index contributed by atoms with van der Waals surface area (Å²) in [6, 6.07) is 7.56. The fourth-order valence-corrected chi connectivity index (χ4v) is 4.38. The van der Waals surface area contributed by atoms with E-state index >= 15 is 0 Å². The van der Waals surface area contributed by atoms with Crippen molar-refractivity contribution in [2.24, 2.45) is 10.9 Å². The molecule has 29 heavy (non-hydrogen) atoms. The van der Waals surface area contributed by atoms with Crippen LogP contribution in [0.5, 0.6) is 0 Å². The third-order valence-electron chi connectivity index (χ3n) is 5.73. The second-order valence-electron chi connectivity index (χ2n) is 8.14. The average Bonchev–Trinajstić information content (AvgIpc) is 2.71. The molecule has 0 aliphatic carbocycles. The van der Waals surface area contributed by atoms with Crippen molar-refractivity contribution in [3.05, 3.63) is 34.9 Å². The normalized spacial score (nSPS) is 21.3. The van der Waals surface area contributed by atoms with Gasteiger partial charge in [0.15, 0.2) is 5.96 Å². The van der Waals surface area contributed by atoms with Crippen LogP contribution in [0.3, 0.4) is 0 Å². The van der Waals surface area contributed by atoms with E-state index in [2.05, 4.69) is 29.1 Å². The summed E-state index contributed by atoms with van der Waals surface area (Å²) in [7, 11) is 2.20. The van der Waals surface area contributed by atoms with Crippen molar-refractivity contribution in [3.8, 4) is 0 Å². The molecule has 0 saturated carbocycles. The maximum atomic E-state index is 12.7. The minimum Gasteiger partial charge on any atom is -0.357 e. The van der Waals surface area contributed by atoms with Crippen LogP contribution in [0.4, 0.5) is 0 Å². The van der Waals surface area contributed by atoms with Crippen LogP contribution in [-0.2, 0) is 11.2 Å². The average molecular weight is 420 g/mol. The number of hydrogen-bond donors (Lipinski definition) is 1. The van der Waals surface area contributed by atoms with E-state index in [0.717, 1.165) is 57.3 Å². The summed E-state index contributed by atoms with van der Waals surface area (Å²) < 4.78 is 0. The van der Waals surface area contributed by atoms with Crippen molar-refractivity contribution >= 4 is 23.5 Å². The molecule has 6 nitrogen and oxygen atoms in total. The number of nitrogens with zero attached hydrogens (tertiary/aromatic N) is 4. The summed E-state index contributed by atoms with van der Waals surface area (Å²) in [5.41, 5.74) is 0.970. The predicted octanol–water partition coefficient (Wildman–Crippen LogP) is 2.33. The Kier molecular flexibility index (Phi) is 8.19. The van der Waals surface area contributed by atoms with Gasteiger partial charge < -0.3 is 20.0 Å². The molecule has 7 heteroatoms. The summed E-state index contributed by atoms with van der Waals surface area (Å²) in [5.74, 6) is 1.80. The SMILES string of the molecule is CCNC(=NCC1CCCN(C)C1)N1CCN(C(=O)Cc2cccc(Cl)c2)CC1. The van der Waals surface area contributed by atoms with Crippen molar-refractivity contribution in [2.75, 3.05) is 59.4 Å². The van der Waals surface area contributed by atoms with Gasteiger partial charge >= 0.3 is 0 Å². The van der Waals surface area contributed by atoms with E-state index in [-0.39, 0.29) is 5.91 Å². The highest BCUT2D eigenvalue weighted by Gasteiger charge is 2.24. The van der Waals surface area contributed by atoms with Crippen LogP contribution in [0.2, 0.25) is 5.02 Å². The van der Waals surface area contributed by atoms with Crippen molar-refractivity contribution in [1.29, 1.82) is 0 Å².